The summed E-state index contributed by atoms with van der Waals surface area (Å²) in [6, 6.07) is 14.4. The van der Waals surface area contributed by atoms with E-state index >= 15 is 0 Å². The van der Waals surface area contributed by atoms with Gasteiger partial charge < -0.3 is 14.7 Å². The molecule has 146 valence electrons. The van der Waals surface area contributed by atoms with Crippen molar-refractivity contribution in [3.63, 3.8) is 0 Å². The fourth-order valence-electron chi connectivity index (χ4n) is 2.92. The zero-order valence-electron chi connectivity index (χ0n) is 16.8. The first-order valence-electron chi connectivity index (χ1n) is 9.19. The van der Waals surface area contributed by atoms with E-state index in [1.54, 1.807) is 6.07 Å². The number of likely N-dealkylation sites (N-methyl/N-ethyl adjacent to an activating group) is 1. The Morgan fingerprint density at radius 3 is 2.48 bits per heavy atom. The number of aliphatic hydroxyl groups is 1. The van der Waals surface area contributed by atoms with Crippen molar-refractivity contribution < 1.29 is 14.6 Å². The second-order valence-electron chi connectivity index (χ2n) is 7.19. The Kier molecular flexibility index (Phi) is 7.39. The minimum Gasteiger partial charge on any atom is -0.453 e. The van der Waals surface area contributed by atoms with Crippen molar-refractivity contribution in [2.75, 3.05) is 26.0 Å². The molecule has 27 heavy (non-hydrogen) atoms. The predicted octanol–water partition coefficient (Wildman–Crippen LogP) is 4.08. The topological polar surface area (TPSA) is 61.8 Å². The molecule has 0 aliphatic heterocycles. The van der Waals surface area contributed by atoms with Crippen molar-refractivity contribution in [1.82, 2.24) is 4.90 Å². The zero-order chi connectivity index (χ0) is 20.0. The number of methoxy groups -OCH3 is 1. The number of aliphatic hydroxyl groups excluding tert-OH is 1. The molecule has 0 spiro atoms. The summed E-state index contributed by atoms with van der Waals surface area (Å²) in [5, 5.41) is 13.3. The van der Waals surface area contributed by atoms with Gasteiger partial charge in [0.05, 0.1) is 13.2 Å². The number of hydrogen-bond acceptors (Lipinski definition) is 4. The molecule has 2 aromatic rings. The third kappa shape index (κ3) is 6.08. The number of nitrogens with zero attached hydrogens (tertiary/aromatic N) is 1. The highest BCUT2D eigenvalue weighted by molar-refractivity contribution is 5.85. The van der Waals surface area contributed by atoms with Crippen LogP contribution in [0.3, 0.4) is 0 Å². The van der Waals surface area contributed by atoms with Crippen molar-refractivity contribution in [3.05, 3.63) is 64.7 Å². The van der Waals surface area contributed by atoms with Crippen LogP contribution in [0.1, 0.15) is 35.3 Å². The number of aryl methyl sites for hydroxylation is 2. The van der Waals surface area contributed by atoms with Gasteiger partial charge in [-0.05, 0) is 57.0 Å². The summed E-state index contributed by atoms with van der Waals surface area (Å²) in [7, 11) is 3.34. The van der Waals surface area contributed by atoms with Gasteiger partial charge in [0.2, 0.25) is 0 Å². The molecule has 0 saturated heterocycles. The van der Waals surface area contributed by atoms with Gasteiger partial charge in [0.15, 0.2) is 0 Å². The molecular formula is C22H30N2O3. The van der Waals surface area contributed by atoms with Crippen LogP contribution in [-0.2, 0) is 11.2 Å². The number of ether oxygens (including phenoxy) is 1. The van der Waals surface area contributed by atoms with E-state index in [0.29, 0.717) is 18.3 Å². The molecule has 5 nitrogen and oxygen atoms in total. The van der Waals surface area contributed by atoms with Crippen LogP contribution in [0, 0.1) is 13.8 Å². The van der Waals surface area contributed by atoms with Crippen molar-refractivity contribution >= 4 is 11.8 Å². The van der Waals surface area contributed by atoms with E-state index in [1.807, 2.05) is 26.1 Å². The van der Waals surface area contributed by atoms with Gasteiger partial charge in [0, 0.05) is 18.3 Å². The quantitative estimate of drug-likeness (QED) is 0.771. The standard InChI is InChI=1S/C22H30N2O3/c1-15-6-9-18(10-7-15)12-17(3)24(4)14-21(25)19-11-8-16(2)20(13-19)23-22(26)27-5/h6-11,13,17,21,25H,12,14H2,1-5H3,(H,23,26)/t17-,21-/m1/s1. The molecule has 0 radical (unpaired) electrons. The number of rotatable bonds is 7. The first kappa shape index (κ1) is 20.9. The minimum absolute atomic E-state index is 0.292. The summed E-state index contributed by atoms with van der Waals surface area (Å²) in [4.78, 5) is 13.6. The predicted molar refractivity (Wildman–Crippen MR) is 109 cm³/mol. The first-order valence-corrected chi connectivity index (χ1v) is 9.19. The van der Waals surface area contributed by atoms with Gasteiger partial charge >= 0.3 is 6.09 Å². The summed E-state index contributed by atoms with van der Waals surface area (Å²) in [6.07, 6.45) is -0.241. The molecule has 2 N–H and O–H groups in total. The summed E-state index contributed by atoms with van der Waals surface area (Å²) in [6.45, 7) is 6.65. The Labute approximate surface area is 162 Å². The van der Waals surface area contributed by atoms with Crippen LogP contribution in [0.4, 0.5) is 10.5 Å². The van der Waals surface area contributed by atoms with Crippen LogP contribution in [-0.4, -0.2) is 42.8 Å². The van der Waals surface area contributed by atoms with Gasteiger partial charge in [-0.3, -0.25) is 5.32 Å². The van der Waals surface area contributed by atoms with Crippen LogP contribution in [0.15, 0.2) is 42.5 Å². The second-order valence-corrected chi connectivity index (χ2v) is 7.19. The molecule has 0 aliphatic rings. The zero-order valence-corrected chi connectivity index (χ0v) is 16.8. The maximum Gasteiger partial charge on any atom is 0.411 e. The Balaban J connectivity index is 2.00. The molecular weight excluding hydrogens is 340 g/mol. The molecule has 2 atom stereocenters. The van der Waals surface area contributed by atoms with E-state index in [1.165, 1.54) is 18.2 Å². The van der Waals surface area contributed by atoms with E-state index in [-0.39, 0.29) is 0 Å². The number of carbonyl (C=O) groups excluding carboxylic acids is 1. The lowest BCUT2D eigenvalue weighted by molar-refractivity contribution is 0.108. The Hall–Kier alpha value is -2.37. The average molecular weight is 370 g/mol. The third-order valence-electron chi connectivity index (χ3n) is 4.93. The fraction of sp³-hybridized carbons (Fsp3) is 0.409. The van der Waals surface area contributed by atoms with Crippen molar-refractivity contribution in [2.24, 2.45) is 0 Å². The molecule has 5 heteroatoms. The highest BCUT2D eigenvalue weighted by atomic mass is 16.5. The molecule has 0 saturated carbocycles. The summed E-state index contributed by atoms with van der Waals surface area (Å²) in [5.41, 5.74) is 4.87. The number of benzene rings is 2. The fourth-order valence-corrected chi connectivity index (χ4v) is 2.92. The van der Waals surface area contributed by atoms with Gasteiger partial charge in [-0.2, -0.15) is 0 Å². The van der Waals surface area contributed by atoms with Crippen molar-refractivity contribution in [3.8, 4) is 0 Å². The largest absolute Gasteiger partial charge is 0.453 e. The average Bonchev–Trinajstić information content (AvgIpc) is 2.65. The summed E-state index contributed by atoms with van der Waals surface area (Å²) in [5.74, 6) is 0. The van der Waals surface area contributed by atoms with E-state index in [9.17, 15) is 9.90 Å². The second kappa shape index (κ2) is 9.53. The van der Waals surface area contributed by atoms with Crippen LogP contribution in [0.5, 0.6) is 0 Å². The minimum atomic E-state index is -0.644. The first-order chi connectivity index (χ1) is 12.8. The van der Waals surface area contributed by atoms with Gasteiger partial charge in [-0.25, -0.2) is 4.79 Å². The van der Waals surface area contributed by atoms with Crippen molar-refractivity contribution in [1.29, 1.82) is 0 Å². The Morgan fingerprint density at radius 1 is 1.19 bits per heavy atom. The molecule has 2 aromatic carbocycles. The molecule has 0 aliphatic carbocycles. The van der Waals surface area contributed by atoms with E-state index in [4.69, 9.17) is 0 Å². The highest BCUT2D eigenvalue weighted by Gasteiger charge is 2.17. The van der Waals surface area contributed by atoms with Crippen LogP contribution in [0.25, 0.3) is 0 Å². The Morgan fingerprint density at radius 2 is 1.85 bits per heavy atom. The summed E-state index contributed by atoms with van der Waals surface area (Å²) >= 11 is 0. The van der Waals surface area contributed by atoms with E-state index in [2.05, 4.69) is 53.1 Å². The lowest BCUT2D eigenvalue weighted by Crippen LogP contribution is -2.34. The van der Waals surface area contributed by atoms with Gasteiger partial charge in [-0.15, -0.1) is 0 Å². The molecule has 0 fully saturated rings. The lowest BCUT2D eigenvalue weighted by atomic mass is 10.0. The maximum absolute atomic E-state index is 11.5. The molecule has 0 heterocycles. The monoisotopic (exact) mass is 370 g/mol. The smallest absolute Gasteiger partial charge is 0.411 e. The normalized spacial score (nSPS) is 13.3. The molecule has 2 rings (SSSR count). The molecule has 1 amide bonds. The lowest BCUT2D eigenvalue weighted by Gasteiger charge is -2.27. The molecule has 0 aromatic heterocycles. The number of carbonyl (C=O) groups is 1. The van der Waals surface area contributed by atoms with Crippen LogP contribution >= 0.6 is 0 Å². The van der Waals surface area contributed by atoms with E-state index in [0.717, 1.165) is 17.5 Å². The third-order valence-corrected chi connectivity index (χ3v) is 4.93. The van der Waals surface area contributed by atoms with Crippen LogP contribution < -0.4 is 5.32 Å². The number of hydrogen-bond donors (Lipinski definition) is 2. The van der Waals surface area contributed by atoms with E-state index < -0.39 is 12.2 Å². The van der Waals surface area contributed by atoms with Gasteiger partial charge in [0.25, 0.3) is 0 Å². The SMILES string of the molecule is COC(=O)Nc1cc([C@H](O)CN(C)[C@H](C)Cc2ccc(C)cc2)ccc1C. The number of anilines is 1. The number of nitrogens with one attached hydrogen (secondary N) is 1. The van der Waals surface area contributed by atoms with Crippen molar-refractivity contribution in [2.45, 2.75) is 39.3 Å². The van der Waals surface area contributed by atoms with Gasteiger partial charge in [0.1, 0.15) is 0 Å². The summed E-state index contributed by atoms with van der Waals surface area (Å²) < 4.78 is 4.65. The Bertz CT molecular complexity index is 759. The number of amides is 1. The maximum atomic E-state index is 11.5. The highest BCUT2D eigenvalue weighted by Crippen LogP contribution is 2.23. The van der Waals surface area contributed by atoms with Gasteiger partial charge in [-0.1, -0.05) is 42.0 Å². The molecule has 0 unspecified atom stereocenters. The van der Waals surface area contributed by atoms with Crippen LogP contribution in [0.2, 0.25) is 0 Å². The molecule has 0 bridgehead atoms.